The zero-order valence-corrected chi connectivity index (χ0v) is 13.6. The van der Waals surface area contributed by atoms with E-state index in [-0.39, 0.29) is 11.1 Å². The second kappa shape index (κ2) is 6.94. The van der Waals surface area contributed by atoms with Crippen molar-refractivity contribution in [2.45, 2.75) is 42.4 Å². The molecule has 0 fully saturated rings. The van der Waals surface area contributed by atoms with Crippen LogP contribution in [0.1, 0.15) is 18.9 Å². The molecule has 26 heavy (non-hydrogen) atoms. The highest BCUT2D eigenvalue weighted by Crippen LogP contribution is 2.58. The Bertz CT molecular complexity index is 646. The largest absolute Gasteiger partial charge is 0.393 e. The lowest BCUT2D eigenvalue weighted by Crippen LogP contribution is -2.66. The van der Waals surface area contributed by atoms with Gasteiger partial charge < -0.3 is 0 Å². The maximum absolute atomic E-state index is 13.6. The van der Waals surface area contributed by atoms with Crippen molar-refractivity contribution in [3.8, 4) is 0 Å². The van der Waals surface area contributed by atoms with E-state index in [1.807, 2.05) is 0 Å². The fourth-order valence-corrected chi connectivity index (χ4v) is 1.95. The van der Waals surface area contributed by atoms with Gasteiger partial charge in [-0.15, -0.1) is 0 Å². The van der Waals surface area contributed by atoms with Gasteiger partial charge in [0.15, 0.2) is 0 Å². The summed E-state index contributed by atoms with van der Waals surface area (Å²) in [5, 5.41) is -6.17. The molecule has 0 spiro atoms. The normalized spacial score (nSPS) is 15.3. The van der Waals surface area contributed by atoms with E-state index < -0.39 is 35.5 Å². The minimum Gasteiger partial charge on any atom is -0.199 e. The van der Waals surface area contributed by atoms with Crippen molar-refractivity contribution in [2.24, 2.45) is 0 Å². The van der Waals surface area contributed by atoms with Crippen LogP contribution < -0.4 is 0 Å². The van der Waals surface area contributed by atoms with Crippen LogP contribution in [0.15, 0.2) is 36.4 Å². The minimum atomic E-state index is -7.12. The number of hydrogen-bond acceptors (Lipinski definition) is 0. The minimum absolute atomic E-state index is 0.0428. The van der Waals surface area contributed by atoms with Gasteiger partial charge in [-0.05, 0) is 29.7 Å². The van der Waals surface area contributed by atoms with Gasteiger partial charge in [-0.25, -0.2) is 0 Å². The zero-order valence-electron chi connectivity index (χ0n) is 12.8. The number of rotatable bonds is 7. The molecule has 0 N–H and O–H groups in total. The summed E-state index contributed by atoms with van der Waals surface area (Å²) in [7, 11) is 0. The van der Waals surface area contributed by atoms with Crippen LogP contribution in [0.25, 0.3) is 5.57 Å². The van der Waals surface area contributed by atoms with Gasteiger partial charge in [0.25, 0.3) is 0 Å². The van der Waals surface area contributed by atoms with Gasteiger partial charge in [-0.3, -0.25) is 0 Å². The molecule has 148 valence electrons. The third kappa shape index (κ3) is 3.79. The molecule has 11 heteroatoms. The van der Waals surface area contributed by atoms with Crippen molar-refractivity contribution >= 4 is 17.2 Å². The van der Waals surface area contributed by atoms with E-state index in [2.05, 4.69) is 11.6 Å². The van der Waals surface area contributed by atoms with E-state index in [1.54, 1.807) is 6.07 Å². The summed E-state index contributed by atoms with van der Waals surface area (Å²) < 4.78 is 131. The third-order valence-electron chi connectivity index (χ3n) is 3.50. The number of benzene rings is 1. The average Bonchev–Trinajstić information content (AvgIpc) is 2.51. The Morgan fingerprint density at radius 1 is 0.808 bits per heavy atom. The molecule has 0 aliphatic carbocycles. The lowest BCUT2D eigenvalue weighted by atomic mass is 9.95. The Morgan fingerprint density at radius 2 is 1.27 bits per heavy atom. The zero-order chi connectivity index (χ0) is 20.6. The predicted octanol–water partition coefficient (Wildman–Crippen LogP) is 6.85. The first-order valence-corrected chi connectivity index (χ1v) is 7.17. The summed E-state index contributed by atoms with van der Waals surface area (Å²) in [6.07, 6.45) is -1.68. The van der Waals surface area contributed by atoms with Crippen LogP contribution in [0.5, 0.6) is 0 Å². The standard InChI is InChI=1S/C15H11ClF10/c1-9(10-5-3-2-4-6-10)7-8-11(17,18)12(19,20)13(21,22)14(23,24)15(16,25)26/h2-7H,8H2,1H3/b9-7+. The van der Waals surface area contributed by atoms with Gasteiger partial charge in [0.1, 0.15) is 0 Å². The van der Waals surface area contributed by atoms with Gasteiger partial charge in [0.05, 0.1) is 0 Å². The highest BCUT2D eigenvalue weighted by molar-refractivity contribution is 6.22. The topological polar surface area (TPSA) is 0 Å². The van der Waals surface area contributed by atoms with E-state index in [4.69, 9.17) is 0 Å². The molecule has 0 amide bonds. The van der Waals surface area contributed by atoms with Crippen molar-refractivity contribution in [1.29, 1.82) is 0 Å². The molecule has 0 nitrogen and oxygen atoms in total. The molecule has 0 bridgehead atoms. The summed E-state index contributed by atoms with van der Waals surface area (Å²) >= 11 is 3.72. The molecular formula is C15H11ClF10. The molecule has 0 radical (unpaired) electrons. The Balaban J connectivity index is 3.20. The van der Waals surface area contributed by atoms with Gasteiger partial charge in [0, 0.05) is 6.42 Å². The highest BCUT2D eigenvalue weighted by atomic mass is 35.5. The first-order valence-electron chi connectivity index (χ1n) is 6.79. The number of allylic oxidation sites excluding steroid dienone is 2. The van der Waals surface area contributed by atoms with E-state index in [1.165, 1.54) is 31.2 Å². The van der Waals surface area contributed by atoms with Gasteiger partial charge in [0.2, 0.25) is 0 Å². The Morgan fingerprint density at radius 3 is 1.69 bits per heavy atom. The number of hydrogen-bond donors (Lipinski definition) is 0. The van der Waals surface area contributed by atoms with Crippen molar-refractivity contribution in [1.82, 2.24) is 0 Å². The summed E-state index contributed by atoms with van der Waals surface area (Å²) in [6.45, 7) is 1.18. The molecule has 0 unspecified atom stereocenters. The molecule has 0 aliphatic rings. The molecule has 1 rings (SSSR count). The monoisotopic (exact) mass is 416 g/mol. The molecule has 0 aliphatic heterocycles. The van der Waals surface area contributed by atoms with Crippen molar-refractivity contribution in [3.05, 3.63) is 42.0 Å². The molecule has 0 saturated heterocycles. The van der Waals surface area contributed by atoms with Crippen LogP contribution in [0, 0.1) is 0 Å². The van der Waals surface area contributed by atoms with E-state index in [0.717, 1.165) is 0 Å². The lowest BCUT2D eigenvalue weighted by molar-refractivity contribution is -0.388. The van der Waals surface area contributed by atoms with Crippen LogP contribution in [0.3, 0.4) is 0 Å². The fraction of sp³-hybridized carbons (Fsp3) is 0.467. The number of halogens is 11. The van der Waals surface area contributed by atoms with E-state index in [0.29, 0.717) is 6.08 Å². The Labute approximate surface area is 146 Å². The molecular weight excluding hydrogens is 406 g/mol. The highest BCUT2D eigenvalue weighted by Gasteiger charge is 2.85. The fourth-order valence-electron chi connectivity index (χ4n) is 1.83. The molecule has 0 saturated carbocycles. The smallest absolute Gasteiger partial charge is 0.199 e. The quantitative estimate of drug-likeness (QED) is 0.337. The summed E-state index contributed by atoms with van der Waals surface area (Å²) in [5.74, 6) is -26.6. The van der Waals surface area contributed by atoms with E-state index in [9.17, 15) is 43.9 Å². The first-order chi connectivity index (χ1) is 11.5. The van der Waals surface area contributed by atoms with Crippen molar-refractivity contribution in [3.63, 3.8) is 0 Å². The van der Waals surface area contributed by atoms with Gasteiger partial charge in [-0.1, -0.05) is 36.4 Å². The van der Waals surface area contributed by atoms with Crippen LogP contribution in [-0.2, 0) is 0 Å². The maximum atomic E-state index is 13.6. The van der Waals surface area contributed by atoms with Gasteiger partial charge in [-0.2, -0.15) is 43.9 Å². The van der Waals surface area contributed by atoms with Crippen LogP contribution in [-0.4, -0.2) is 29.1 Å². The second-order valence-electron chi connectivity index (χ2n) is 5.38. The molecule has 0 atom stereocenters. The van der Waals surface area contributed by atoms with Crippen LogP contribution in [0.2, 0.25) is 0 Å². The SMILES string of the molecule is C/C(=C\CC(F)(F)C(F)(F)C(F)(F)C(F)(F)C(F)(F)Cl)c1ccccc1. The molecule has 1 aromatic carbocycles. The average molecular weight is 417 g/mol. The maximum Gasteiger partial charge on any atom is 0.393 e. The summed E-state index contributed by atoms with van der Waals surface area (Å²) in [4.78, 5) is 0. The Hall–Kier alpha value is -1.45. The molecule has 1 aromatic rings. The molecule has 0 heterocycles. The van der Waals surface area contributed by atoms with Crippen LogP contribution in [0.4, 0.5) is 43.9 Å². The van der Waals surface area contributed by atoms with E-state index >= 15 is 0 Å². The third-order valence-corrected chi connectivity index (χ3v) is 3.74. The van der Waals surface area contributed by atoms with Crippen molar-refractivity contribution < 1.29 is 43.9 Å². The molecule has 0 aromatic heterocycles. The predicted molar refractivity (Wildman–Crippen MR) is 75.3 cm³/mol. The van der Waals surface area contributed by atoms with Crippen LogP contribution >= 0.6 is 11.6 Å². The Kier molecular flexibility index (Phi) is 6.03. The second-order valence-corrected chi connectivity index (χ2v) is 5.86. The lowest BCUT2D eigenvalue weighted by Gasteiger charge is -2.37. The van der Waals surface area contributed by atoms with Gasteiger partial charge >= 0.3 is 29.1 Å². The first kappa shape index (κ1) is 22.6. The summed E-state index contributed by atoms with van der Waals surface area (Å²) in [5.41, 5.74) is 0.231. The summed E-state index contributed by atoms with van der Waals surface area (Å²) in [6, 6.07) is 7.26. The van der Waals surface area contributed by atoms with Crippen molar-refractivity contribution in [2.75, 3.05) is 0 Å². The number of alkyl halides is 11.